The van der Waals surface area contributed by atoms with Crippen LogP contribution in [0.3, 0.4) is 0 Å². The summed E-state index contributed by atoms with van der Waals surface area (Å²) in [4.78, 5) is 14.5. The third-order valence-electron chi connectivity index (χ3n) is 5.73. The second-order valence-electron chi connectivity index (χ2n) is 7.99. The number of aliphatic hydroxyl groups is 1. The Morgan fingerprint density at radius 1 is 1.18 bits per heavy atom. The minimum absolute atomic E-state index is 0.0756. The molecule has 1 aliphatic rings. The predicted molar refractivity (Wildman–Crippen MR) is 128 cm³/mol. The van der Waals surface area contributed by atoms with Crippen LogP contribution < -0.4 is 10.2 Å². The molecule has 4 rings (SSSR count). The van der Waals surface area contributed by atoms with Gasteiger partial charge >= 0.3 is 0 Å². The summed E-state index contributed by atoms with van der Waals surface area (Å²) in [5, 5.41) is 23.7. The number of furan rings is 1. The van der Waals surface area contributed by atoms with Crippen LogP contribution in [0.25, 0.3) is 28.2 Å². The zero-order chi connectivity index (χ0) is 23.2. The van der Waals surface area contributed by atoms with Crippen molar-refractivity contribution in [2.24, 2.45) is 0 Å². The molecule has 1 unspecified atom stereocenters. The molecule has 0 saturated carbocycles. The van der Waals surface area contributed by atoms with Crippen LogP contribution in [0.5, 0.6) is 0 Å². The molecule has 0 aliphatic carbocycles. The van der Waals surface area contributed by atoms with Crippen LogP contribution in [0.1, 0.15) is 19.1 Å². The number of nitrogens with zero attached hydrogens (tertiary/aromatic N) is 2. The third-order valence-corrected chi connectivity index (χ3v) is 5.73. The maximum absolute atomic E-state index is 12.2. The number of morpholine rings is 1. The second kappa shape index (κ2) is 10.3. The number of aliphatic hydroxyl groups excluding tert-OH is 1. The molecule has 0 bridgehead atoms. The molecule has 170 valence electrons. The number of ether oxygens (including phenoxy) is 1. The summed E-state index contributed by atoms with van der Waals surface area (Å²) in [6.45, 7) is 5.22. The Kier molecular flexibility index (Phi) is 7.08. The summed E-state index contributed by atoms with van der Waals surface area (Å²) in [5.74, 6) is 0.528. The van der Waals surface area contributed by atoms with Gasteiger partial charge in [-0.25, -0.2) is 0 Å². The fraction of sp³-hybridized carbons (Fsp3) is 0.308. The van der Waals surface area contributed by atoms with E-state index in [1.54, 1.807) is 6.07 Å². The van der Waals surface area contributed by atoms with Crippen LogP contribution in [0.4, 0.5) is 5.69 Å². The molecule has 1 amide bonds. The van der Waals surface area contributed by atoms with Crippen molar-refractivity contribution >= 4 is 28.4 Å². The van der Waals surface area contributed by atoms with Crippen molar-refractivity contribution in [2.45, 2.75) is 19.4 Å². The first-order valence-electron chi connectivity index (χ1n) is 11.1. The smallest absolute Gasteiger partial charge is 0.262 e. The molecular weight excluding hydrogens is 418 g/mol. The maximum Gasteiger partial charge on any atom is 0.262 e. The van der Waals surface area contributed by atoms with Gasteiger partial charge < -0.3 is 24.5 Å². The number of fused-ring (bicyclic) bond motifs is 1. The number of anilines is 1. The number of benzene rings is 2. The van der Waals surface area contributed by atoms with Crippen LogP contribution in [0.15, 0.2) is 58.5 Å². The molecule has 3 aromatic rings. The fourth-order valence-electron chi connectivity index (χ4n) is 3.73. The lowest BCUT2D eigenvalue weighted by Crippen LogP contribution is -2.36. The highest BCUT2D eigenvalue weighted by Crippen LogP contribution is 2.29. The lowest BCUT2D eigenvalue weighted by Gasteiger charge is -2.29. The van der Waals surface area contributed by atoms with Crippen molar-refractivity contribution in [3.05, 3.63) is 59.9 Å². The van der Waals surface area contributed by atoms with Crippen molar-refractivity contribution in [1.82, 2.24) is 5.32 Å². The summed E-state index contributed by atoms with van der Waals surface area (Å²) in [6.07, 6.45) is 1.29. The highest BCUT2D eigenvalue weighted by Gasteiger charge is 2.14. The highest BCUT2D eigenvalue weighted by molar-refractivity contribution is 6.01. The van der Waals surface area contributed by atoms with Gasteiger partial charge in [0.05, 0.1) is 19.3 Å². The van der Waals surface area contributed by atoms with Gasteiger partial charge in [-0.3, -0.25) is 4.79 Å². The Morgan fingerprint density at radius 3 is 2.70 bits per heavy atom. The summed E-state index contributed by atoms with van der Waals surface area (Å²) in [7, 11) is 0. The molecule has 1 aliphatic heterocycles. The van der Waals surface area contributed by atoms with Crippen LogP contribution >= 0.6 is 0 Å². The van der Waals surface area contributed by atoms with Gasteiger partial charge in [0.25, 0.3) is 5.91 Å². The first-order chi connectivity index (χ1) is 16.1. The zero-order valence-corrected chi connectivity index (χ0v) is 18.6. The van der Waals surface area contributed by atoms with Crippen LogP contribution in [-0.4, -0.2) is 50.0 Å². The quantitative estimate of drug-likeness (QED) is 0.425. The minimum atomic E-state index is -0.637. The number of nitrogens with one attached hydrogen (secondary N) is 1. The van der Waals surface area contributed by atoms with Crippen LogP contribution in [0.2, 0.25) is 0 Å². The SMILES string of the molecule is CCC(O)CNC(=O)/C(C#N)=C/c1ccc(-c2ccc3cc(N4CCOCC4)ccc3c2)o1. The van der Waals surface area contributed by atoms with Gasteiger partial charge in [-0.2, -0.15) is 5.26 Å². The molecule has 1 atom stereocenters. The largest absolute Gasteiger partial charge is 0.457 e. The third kappa shape index (κ3) is 5.43. The number of carbonyl (C=O) groups is 1. The fourth-order valence-corrected chi connectivity index (χ4v) is 3.73. The molecule has 7 heteroatoms. The van der Waals surface area contributed by atoms with Crippen molar-refractivity contribution in [3.8, 4) is 17.4 Å². The van der Waals surface area contributed by atoms with Crippen molar-refractivity contribution < 1.29 is 19.1 Å². The van der Waals surface area contributed by atoms with Gasteiger partial charge in [0.1, 0.15) is 23.2 Å². The number of nitriles is 1. The highest BCUT2D eigenvalue weighted by atomic mass is 16.5. The molecule has 1 aromatic heterocycles. The zero-order valence-electron chi connectivity index (χ0n) is 18.6. The van der Waals surface area contributed by atoms with E-state index in [9.17, 15) is 15.2 Å². The van der Waals surface area contributed by atoms with E-state index in [2.05, 4.69) is 40.5 Å². The van der Waals surface area contributed by atoms with Crippen molar-refractivity contribution in [2.75, 3.05) is 37.7 Å². The van der Waals surface area contributed by atoms with E-state index in [1.165, 1.54) is 11.8 Å². The number of carbonyl (C=O) groups excluding carboxylic acids is 1. The summed E-state index contributed by atoms with van der Waals surface area (Å²) < 4.78 is 11.3. The molecule has 0 radical (unpaired) electrons. The van der Waals surface area contributed by atoms with E-state index in [0.29, 0.717) is 17.9 Å². The van der Waals surface area contributed by atoms with Gasteiger partial charge in [-0.15, -0.1) is 0 Å². The average Bonchev–Trinajstić information content (AvgIpc) is 3.34. The van der Waals surface area contributed by atoms with E-state index in [1.807, 2.05) is 25.1 Å². The van der Waals surface area contributed by atoms with Gasteiger partial charge in [-0.05, 0) is 47.5 Å². The molecule has 1 fully saturated rings. The Labute approximate surface area is 192 Å². The monoisotopic (exact) mass is 445 g/mol. The Hall–Kier alpha value is -3.60. The van der Waals surface area contributed by atoms with E-state index < -0.39 is 12.0 Å². The topological polar surface area (TPSA) is 98.7 Å². The Bertz CT molecular complexity index is 1200. The molecule has 33 heavy (non-hydrogen) atoms. The predicted octanol–water partition coefficient (Wildman–Crippen LogP) is 3.73. The van der Waals surface area contributed by atoms with E-state index >= 15 is 0 Å². The van der Waals surface area contributed by atoms with Gasteiger partial charge in [-0.1, -0.05) is 25.1 Å². The standard InChI is InChI=1S/C26H27N3O4/c1-2-23(30)17-28-26(31)21(16-27)15-24-7-8-25(33-24)20-4-3-19-14-22(6-5-18(19)13-20)29-9-11-32-12-10-29/h3-8,13-15,23,30H,2,9-12,17H2,1H3,(H,28,31)/b21-15+. The Balaban J connectivity index is 1.51. The molecule has 2 N–H and O–H groups in total. The number of amides is 1. The number of hydrogen-bond acceptors (Lipinski definition) is 6. The maximum atomic E-state index is 12.2. The molecule has 2 aromatic carbocycles. The summed E-state index contributed by atoms with van der Waals surface area (Å²) in [6, 6.07) is 18.0. The molecule has 1 saturated heterocycles. The van der Waals surface area contributed by atoms with Gasteiger partial charge in [0, 0.05) is 37.0 Å². The van der Waals surface area contributed by atoms with Crippen LogP contribution in [-0.2, 0) is 9.53 Å². The van der Waals surface area contributed by atoms with Gasteiger partial charge in [0.15, 0.2) is 0 Å². The number of hydrogen-bond donors (Lipinski definition) is 2. The van der Waals surface area contributed by atoms with E-state index in [4.69, 9.17) is 9.15 Å². The van der Waals surface area contributed by atoms with Crippen LogP contribution in [0, 0.1) is 11.3 Å². The lowest BCUT2D eigenvalue weighted by molar-refractivity contribution is -0.117. The summed E-state index contributed by atoms with van der Waals surface area (Å²) in [5.41, 5.74) is 2.03. The molecule has 7 nitrogen and oxygen atoms in total. The van der Waals surface area contributed by atoms with Crippen molar-refractivity contribution in [1.29, 1.82) is 5.26 Å². The number of rotatable bonds is 7. The van der Waals surface area contributed by atoms with E-state index in [-0.39, 0.29) is 12.1 Å². The first kappa shape index (κ1) is 22.6. The average molecular weight is 446 g/mol. The summed E-state index contributed by atoms with van der Waals surface area (Å²) >= 11 is 0. The minimum Gasteiger partial charge on any atom is -0.457 e. The first-order valence-corrected chi connectivity index (χ1v) is 11.1. The van der Waals surface area contributed by atoms with Crippen molar-refractivity contribution in [3.63, 3.8) is 0 Å². The molecule has 0 spiro atoms. The normalized spacial score (nSPS) is 15.3. The second-order valence-corrected chi connectivity index (χ2v) is 7.99. The Morgan fingerprint density at radius 2 is 1.94 bits per heavy atom. The molecule has 2 heterocycles. The van der Waals surface area contributed by atoms with Gasteiger partial charge in [0.2, 0.25) is 0 Å². The molecular formula is C26H27N3O4. The lowest BCUT2D eigenvalue weighted by atomic mass is 10.0. The van der Waals surface area contributed by atoms with E-state index in [0.717, 1.165) is 42.6 Å².